The lowest BCUT2D eigenvalue weighted by molar-refractivity contribution is -0.0237. The van der Waals surface area contributed by atoms with Crippen molar-refractivity contribution in [2.75, 3.05) is 13.1 Å². The molecule has 1 saturated heterocycles. The fraction of sp³-hybridized carbons (Fsp3) is 0.636. The van der Waals surface area contributed by atoms with E-state index < -0.39 is 28.9 Å². The number of rotatable bonds is 4. The molecule has 0 spiro atoms. The van der Waals surface area contributed by atoms with E-state index >= 15 is 0 Å². The molecule has 0 saturated carbocycles. The number of likely N-dealkylation sites (tertiary alicyclic amines) is 1. The van der Waals surface area contributed by atoms with Gasteiger partial charge in [0.15, 0.2) is 0 Å². The summed E-state index contributed by atoms with van der Waals surface area (Å²) in [6.07, 6.45) is -0.987. The Hall–Kier alpha value is -2.44. The first-order valence-electron chi connectivity index (χ1n) is 9.96. The lowest BCUT2D eigenvalue weighted by atomic mass is 9.82. The molecule has 1 aliphatic heterocycles. The van der Waals surface area contributed by atoms with Crippen LogP contribution in [0.3, 0.4) is 0 Å². The predicted octanol–water partition coefficient (Wildman–Crippen LogP) is 4.44. The van der Waals surface area contributed by atoms with E-state index in [0.29, 0.717) is 5.75 Å². The number of nitrogens with zero attached hydrogens (tertiary/aromatic N) is 1. The van der Waals surface area contributed by atoms with Crippen LogP contribution < -0.4 is 10.1 Å². The number of ether oxygens (including phenoxy) is 3. The minimum absolute atomic E-state index is 0.0308. The number of carbonyl (C=O) groups is 2. The summed E-state index contributed by atoms with van der Waals surface area (Å²) in [5, 5.41) is 2.97. The molecule has 1 aromatic rings. The molecule has 1 aromatic carbocycles. The van der Waals surface area contributed by atoms with Crippen LogP contribution in [-0.4, -0.2) is 47.5 Å². The summed E-state index contributed by atoms with van der Waals surface area (Å²) in [6, 6.07) is 7.54. The quantitative estimate of drug-likeness (QED) is 0.800. The third-order valence-electron chi connectivity index (χ3n) is 4.08. The third-order valence-corrected chi connectivity index (χ3v) is 4.08. The summed E-state index contributed by atoms with van der Waals surface area (Å²) in [6.45, 7) is 15.3. The van der Waals surface area contributed by atoms with Crippen molar-refractivity contribution in [3.8, 4) is 5.75 Å². The third kappa shape index (κ3) is 6.27. The summed E-state index contributed by atoms with van der Waals surface area (Å²) < 4.78 is 16.9. The summed E-state index contributed by atoms with van der Waals surface area (Å²) in [5.74, 6) is 0.669. The number of hydrogen-bond acceptors (Lipinski definition) is 5. The van der Waals surface area contributed by atoms with Gasteiger partial charge in [-0.05, 0) is 61.5 Å². The summed E-state index contributed by atoms with van der Waals surface area (Å²) in [7, 11) is 0. The van der Waals surface area contributed by atoms with E-state index in [-0.39, 0.29) is 19.2 Å². The Bertz CT molecular complexity index is 740. The fourth-order valence-corrected chi connectivity index (χ4v) is 3.10. The molecular weight excluding hydrogens is 372 g/mol. The lowest BCUT2D eigenvalue weighted by Crippen LogP contribution is -2.69. The molecule has 1 heterocycles. The van der Waals surface area contributed by atoms with Gasteiger partial charge < -0.3 is 24.4 Å². The van der Waals surface area contributed by atoms with E-state index in [1.807, 2.05) is 79.7 Å². The summed E-state index contributed by atoms with van der Waals surface area (Å²) in [4.78, 5) is 26.6. The Morgan fingerprint density at radius 3 is 2.07 bits per heavy atom. The smallest absolute Gasteiger partial charge is 0.410 e. The van der Waals surface area contributed by atoms with Crippen LogP contribution in [0, 0.1) is 0 Å². The number of nitrogens with one attached hydrogen (secondary N) is 1. The maximum atomic E-state index is 12.6. The Balaban J connectivity index is 2.30. The van der Waals surface area contributed by atoms with Crippen LogP contribution in [0.25, 0.3) is 0 Å². The molecule has 2 rings (SSSR count). The van der Waals surface area contributed by atoms with Crippen molar-refractivity contribution in [2.45, 2.75) is 78.2 Å². The molecule has 0 unspecified atom stereocenters. The van der Waals surface area contributed by atoms with Crippen LogP contribution in [0.1, 0.15) is 61.0 Å². The second-order valence-electron chi connectivity index (χ2n) is 9.71. The molecule has 7 nitrogen and oxygen atoms in total. The molecule has 0 bridgehead atoms. The van der Waals surface area contributed by atoms with Crippen LogP contribution in [0.4, 0.5) is 9.59 Å². The Morgan fingerprint density at radius 1 is 1.00 bits per heavy atom. The predicted molar refractivity (Wildman–Crippen MR) is 111 cm³/mol. The molecule has 162 valence electrons. The highest BCUT2D eigenvalue weighted by Crippen LogP contribution is 2.39. The van der Waals surface area contributed by atoms with E-state index in [0.717, 1.165) is 5.56 Å². The Labute approximate surface area is 173 Å². The monoisotopic (exact) mass is 406 g/mol. The van der Waals surface area contributed by atoms with E-state index in [9.17, 15) is 9.59 Å². The normalized spacial score (nSPS) is 16.1. The van der Waals surface area contributed by atoms with Crippen LogP contribution in [0.15, 0.2) is 24.3 Å². The number of carbonyl (C=O) groups excluding carboxylic acids is 2. The second kappa shape index (κ2) is 8.13. The molecule has 0 aromatic heterocycles. The zero-order chi connectivity index (χ0) is 22.0. The standard InChI is InChI=1S/C22H34N2O5/c1-15(2)27-17-12-10-9-11-16(17)22(23-18(25)28-20(3,4)5)13-24(14-22)19(26)29-21(6,7)8/h9-12,15H,13-14H2,1-8H3,(H,23,25). The Kier molecular flexibility index (Phi) is 6.40. The van der Waals surface area contributed by atoms with Crippen molar-refractivity contribution < 1.29 is 23.8 Å². The van der Waals surface area contributed by atoms with Gasteiger partial charge in [0, 0.05) is 5.56 Å². The van der Waals surface area contributed by atoms with Gasteiger partial charge in [-0.25, -0.2) is 9.59 Å². The molecule has 29 heavy (non-hydrogen) atoms. The average Bonchev–Trinajstić information content (AvgIpc) is 2.47. The van der Waals surface area contributed by atoms with Crippen LogP contribution >= 0.6 is 0 Å². The number of para-hydroxylation sites is 1. The van der Waals surface area contributed by atoms with Gasteiger partial charge in [-0.2, -0.15) is 0 Å². The van der Waals surface area contributed by atoms with Gasteiger partial charge in [-0.15, -0.1) is 0 Å². The molecule has 2 amide bonds. The highest BCUT2D eigenvalue weighted by molar-refractivity contribution is 5.74. The molecule has 7 heteroatoms. The van der Waals surface area contributed by atoms with E-state index in [1.54, 1.807) is 4.90 Å². The van der Waals surface area contributed by atoms with Gasteiger partial charge >= 0.3 is 12.2 Å². The first-order valence-corrected chi connectivity index (χ1v) is 9.96. The highest BCUT2D eigenvalue weighted by Gasteiger charge is 2.51. The van der Waals surface area contributed by atoms with Crippen molar-refractivity contribution in [2.24, 2.45) is 0 Å². The summed E-state index contributed by atoms with van der Waals surface area (Å²) >= 11 is 0. The lowest BCUT2D eigenvalue weighted by Gasteiger charge is -2.50. The molecule has 1 aliphatic rings. The first-order chi connectivity index (χ1) is 13.2. The van der Waals surface area contributed by atoms with E-state index in [4.69, 9.17) is 14.2 Å². The molecular formula is C22H34N2O5. The van der Waals surface area contributed by atoms with Gasteiger partial charge in [-0.3, -0.25) is 0 Å². The van der Waals surface area contributed by atoms with Crippen LogP contribution in [0.2, 0.25) is 0 Å². The molecule has 0 atom stereocenters. The van der Waals surface area contributed by atoms with Crippen molar-refractivity contribution in [1.82, 2.24) is 10.2 Å². The van der Waals surface area contributed by atoms with Gasteiger partial charge in [0.2, 0.25) is 0 Å². The van der Waals surface area contributed by atoms with Gasteiger partial charge in [-0.1, -0.05) is 18.2 Å². The minimum Gasteiger partial charge on any atom is -0.491 e. The largest absolute Gasteiger partial charge is 0.491 e. The molecule has 0 aliphatic carbocycles. The number of hydrogen-bond donors (Lipinski definition) is 1. The Morgan fingerprint density at radius 2 is 1.55 bits per heavy atom. The molecule has 1 fully saturated rings. The zero-order valence-electron chi connectivity index (χ0n) is 18.8. The van der Waals surface area contributed by atoms with Crippen molar-refractivity contribution in [1.29, 1.82) is 0 Å². The summed E-state index contributed by atoms with van der Waals surface area (Å²) in [5.41, 5.74) is -1.23. The maximum Gasteiger partial charge on any atom is 0.410 e. The van der Waals surface area contributed by atoms with Crippen molar-refractivity contribution in [3.05, 3.63) is 29.8 Å². The van der Waals surface area contributed by atoms with Crippen LogP contribution in [-0.2, 0) is 15.0 Å². The van der Waals surface area contributed by atoms with Crippen molar-refractivity contribution >= 4 is 12.2 Å². The zero-order valence-corrected chi connectivity index (χ0v) is 18.8. The van der Waals surface area contributed by atoms with Crippen molar-refractivity contribution in [3.63, 3.8) is 0 Å². The van der Waals surface area contributed by atoms with E-state index in [1.165, 1.54) is 0 Å². The van der Waals surface area contributed by atoms with Gasteiger partial charge in [0.05, 0.1) is 19.2 Å². The number of alkyl carbamates (subject to hydrolysis) is 1. The molecule has 0 radical (unpaired) electrons. The number of benzene rings is 1. The van der Waals surface area contributed by atoms with Gasteiger partial charge in [0.25, 0.3) is 0 Å². The topological polar surface area (TPSA) is 77.1 Å². The maximum absolute atomic E-state index is 12.6. The second-order valence-corrected chi connectivity index (χ2v) is 9.71. The molecule has 1 N–H and O–H groups in total. The number of amides is 2. The average molecular weight is 407 g/mol. The minimum atomic E-state index is -0.815. The SMILES string of the molecule is CC(C)Oc1ccccc1C1(NC(=O)OC(C)(C)C)CN(C(=O)OC(C)(C)C)C1. The van der Waals surface area contributed by atoms with E-state index in [2.05, 4.69) is 5.32 Å². The van der Waals surface area contributed by atoms with Gasteiger partial charge in [0.1, 0.15) is 22.5 Å². The first kappa shape index (κ1) is 22.8. The van der Waals surface area contributed by atoms with Crippen LogP contribution in [0.5, 0.6) is 5.75 Å². The highest BCUT2D eigenvalue weighted by atomic mass is 16.6. The fourth-order valence-electron chi connectivity index (χ4n) is 3.10.